The highest BCUT2D eigenvalue weighted by atomic mass is 16.7. The molecule has 2 amide bonds. The Bertz CT molecular complexity index is 230. The fourth-order valence-corrected chi connectivity index (χ4v) is 0.939. The molecule has 0 atom stereocenters. The minimum Gasteiger partial charge on any atom is -0.395 e. The van der Waals surface area contributed by atoms with E-state index >= 15 is 0 Å². The Kier molecular flexibility index (Phi) is 7.44. The molecule has 0 rings (SSSR count). The minimum atomic E-state index is -0.755. The molecular weight excluding hydrogens is 216 g/mol. The zero-order valence-electron chi connectivity index (χ0n) is 9.73. The molecule has 0 aromatic heterocycles. The number of hydrogen-bond acceptors (Lipinski definition) is 5. The van der Waals surface area contributed by atoms with Gasteiger partial charge in [-0.2, -0.15) is 0 Å². The van der Waals surface area contributed by atoms with Crippen LogP contribution in [0, 0.1) is 0 Å². The zero-order valence-corrected chi connectivity index (χ0v) is 9.73. The van der Waals surface area contributed by atoms with E-state index in [1.165, 1.54) is 21.3 Å². The Morgan fingerprint density at radius 2 is 1.94 bits per heavy atom. The highest BCUT2D eigenvalue weighted by Crippen LogP contribution is 1.89. The summed E-state index contributed by atoms with van der Waals surface area (Å²) in [7, 11) is 4.29. The molecule has 0 aliphatic carbocycles. The van der Waals surface area contributed by atoms with Gasteiger partial charge in [0, 0.05) is 27.8 Å². The summed E-state index contributed by atoms with van der Waals surface area (Å²) < 4.78 is 9.67. The van der Waals surface area contributed by atoms with Gasteiger partial charge in [0.2, 0.25) is 0 Å². The van der Waals surface area contributed by atoms with E-state index < -0.39 is 18.1 Å². The first-order chi connectivity index (χ1) is 7.56. The molecular formula is C9H18N2O5. The van der Waals surface area contributed by atoms with Gasteiger partial charge in [0.25, 0.3) is 0 Å². The lowest BCUT2D eigenvalue weighted by Gasteiger charge is -2.17. The van der Waals surface area contributed by atoms with Gasteiger partial charge < -0.3 is 24.8 Å². The summed E-state index contributed by atoms with van der Waals surface area (Å²) >= 11 is 0. The summed E-state index contributed by atoms with van der Waals surface area (Å²) in [4.78, 5) is 23.8. The fraction of sp³-hybridized carbons (Fsp3) is 0.778. The number of carbonyl (C=O) groups is 2. The molecule has 0 saturated carbocycles. The van der Waals surface area contributed by atoms with Crippen LogP contribution in [0.4, 0.5) is 0 Å². The summed E-state index contributed by atoms with van der Waals surface area (Å²) in [6, 6.07) is 0. The van der Waals surface area contributed by atoms with Gasteiger partial charge >= 0.3 is 11.8 Å². The van der Waals surface area contributed by atoms with Crippen molar-refractivity contribution in [2.45, 2.75) is 6.29 Å². The largest absolute Gasteiger partial charge is 0.395 e. The van der Waals surface area contributed by atoms with Crippen LogP contribution < -0.4 is 5.32 Å². The van der Waals surface area contributed by atoms with Gasteiger partial charge in [-0.25, -0.2) is 0 Å². The number of aliphatic hydroxyl groups is 1. The molecule has 0 radical (unpaired) electrons. The summed E-state index contributed by atoms with van der Waals surface area (Å²) in [6.07, 6.45) is -0.583. The lowest BCUT2D eigenvalue weighted by molar-refractivity contribution is -0.147. The Labute approximate surface area is 94.3 Å². The predicted octanol–water partition coefficient (Wildman–Crippen LogP) is -1.83. The van der Waals surface area contributed by atoms with E-state index in [1.54, 1.807) is 0 Å². The minimum absolute atomic E-state index is 0.0878. The quantitative estimate of drug-likeness (QED) is 0.417. The van der Waals surface area contributed by atoms with Crippen LogP contribution in [0.2, 0.25) is 0 Å². The molecule has 16 heavy (non-hydrogen) atoms. The molecule has 0 aromatic carbocycles. The highest BCUT2D eigenvalue weighted by Gasteiger charge is 2.18. The van der Waals surface area contributed by atoms with Gasteiger partial charge in [-0.15, -0.1) is 0 Å². The van der Waals surface area contributed by atoms with Crippen LogP contribution in [0.15, 0.2) is 0 Å². The SMILES string of the molecule is COC(CNC(=O)C(=O)N(C)CCO)OC. The first-order valence-electron chi connectivity index (χ1n) is 4.76. The normalized spacial score (nSPS) is 10.3. The monoisotopic (exact) mass is 234 g/mol. The number of aliphatic hydroxyl groups excluding tert-OH is 1. The topological polar surface area (TPSA) is 88.1 Å². The Morgan fingerprint density at radius 3 is 2.38 bits per heavy atom. The lowest BCUT2D eigenvalue weighted by Crippen LogP contribution is -2.44. The molecule has 7 heteroatoms. The van der Waals surface area contributed by atoms with Crippen molar-refractivity contribution < 1.29 is 24.2 Å². The van der Waals surface area contributed by atoms with Crippen molar-refractivity contribution in [2.75, 3.05) is 41.0 Å². The number of hydrogen-bond donors (Lipinski definition) is 2. The number of ether oxygens (including phenoxy) is 2. The van der Waals surface area contributed by atoms with Crippen LogP contribution in [-0.2, 0) is 19.1 Å². The molecule has 0 bridgehead atoms. The van der Waals surface area contributed by atoms with Crippen LogP contribution in [0.25, 0.3) is 0 Å². The molecule has 0 aliphatic heterocycles. The van der Waals surface area contributed by atoms with Crippen LogP contribution in [-0.4, -0.2) is 69.1 Å². The van der Waals surface area contributed by atoms with E-state index in [1.807, 2.05) is 0 Å². The molecule has 94 valence electrons. The van der Waals surface area contributed by atoms with Gasteiger partial charge in [0.1, 0.15) is 0 Å². The molecule has 7 nitrogen and oxygen atoms in total. The molecule has 0 aliphatic rings. The van der Waals surface area contributed by atoms with E-state index in [9.17, 15) is 9.59 Å². The van der Waals surface area contributed by atoms with Gasteiger partial charge in [-0.3, -0.25) is 9.59 Å². The van der Waals surface area contributed by atoms with Crippen molar-refractivity contribution in [3.8, 4) is 0 Å². The fourth-order valence-electron chi connectivity index (χ4n) is 0.939. The van der Waals surface area contributed by atoms with E-state index in [0.29, 0.717) is 0 Å². The molecule has 0 saturated heterocycles. The van der Waals surface area contributed by atoms with Gasteiger partial charge in [-0.1, -0.05) is 0 Å². The smallest absolute Gasteiger partial charge is 0.311 e. The van der Waals surface area contributed by atoms with Crippen LogP contribution in [0.5, 0.6) is 0 Å². The number of nitrogens with zero attached hydrogens (tertiary/aromatic N) is 1. The van der Waals surface area contributed by atoms with Gasteiger partial charge in [0.05, 0.1) is 13.2 Å². The zero-order chi connectivity index (χ0) is 12.6. The van der Waals surface area contributed by atoms with Crippen molar-refractivity contribution >= 4 is 11.8 Å². The maximum absolute atomic E-state index is 11.3. The highest BCUT2D eigenvalue weighted by molar-refractivity contribution is 6.34. The molecule has 0 fully saturated rings. The average molecular weight is 234 g/mol. The Hall–Kier alpha value is -1.18. The molecule has 0 aromatic rings. The van der Waals surface area contributed by atoms with E-state index in [4.69, 9.17) is 14.6 Å². The average Bonchev–Trinajstić information content (AvgIpc) is 2.29. The lowest BCUT2D eigenvalue weighted by atomic mass is 10.4. The second-order valence-corrected chi connectivity index (χ2v) is 3.06. The van der Waals surface area contributed by atoms with Gasteiger partial charge in [0.15, 0.2) is 6.29 Å². The first-order valence-corrected chi connectivity index (χ1v) is 4.76. The van der Waals surface area contributed by atoms with E-state index in [-0.39, 0.29) is 19.7 Å². The number of rotatable bonds is 6. The van der Waals surface area contributed by atoms with Crippen LogP contribution in [0.1, 0.15) is 0 Å². The Morgan fingerprint density at radius 1 is 1.38 bits per heavy atom. The predicted molar refractivity (Wildman–Crippen MR) is 55.5 cm³/mol. The molecule has 0 unspecified atom stereocenters. The number of likely N-dealkylation sites (N-methyl/N-ethyl adjacent to an activating group) is 1. The number of methoxy groups -OCH3 is 2. The van der Waals surface area contributed by atoms with Crippen LogP contribution >= 0.6 is 0 Å². The first kappa shape index (κ1) is 14.8. The second kappa shape index (κ2) is 8.03. The third-order valence-electron chi connectivity index (χ3n) is 1.93. The summed E-state index contributed by atoms with van der Waals surface area (Å²) in [6.45, 7) is 0.0169. The molecule has 0 heterocycles. The van der Waals surface area contributed by atoms with E-state index in [2.05, 4.69) is 5.32 Å². The Balaban J connectivity index is 4.01. The van der Waals surface area contributed by atoms with Crippen molar-refractivity contribution in [1.82, 2.24) is 10.2 Å². The number of amides is 2. The van der Waals surface area contributed by atoms with Crippen LogP contribution in [0.3, 0.4) is 0 Å². The van der Waals surface area contributed by atoms with Crippen molar-refractivity contribution in [3.63, 3.8) is 0 Å². The number of carbonyl (C=O) groups excluding carboxylic acids is 2. The maximum atomic E-state index is 11.3. The summed E-state index contributed by atoms with van der Waals surface area (Å²) in [5, 5.41) is 11.0. The standard InChI is InChI=1S/C9H18N2O5/c1-11(4-5-12)9(14)8(13)10-6-7(15-2)16-3/h7,12H,4-6H2,1-3H3,(H,10,13). The molecule has 0 spiro atoms. The maximum Gasteiger partial charge on any atom is 0.311 e. The molecule has 2 N–H and O–H groups in total. The van der Waals surface area contributed by atoms with E-state index in [0.717, 1.165) is 4.90 Å². The van der Waals surface area contributed by atoms with Crippen molar-refractivity contribution in [1.29, 1.82) is 0 Å². The van der Waals surface area contributed by atoms with Crippen molar-refractivity contribution in [3.05, 3.63) is 0 Å². The third kappa shape index (κ3) is 5.06. The number of nitrogens with one attached hydrogen (secondary N) is 1. The summed E-state index contributed by atoms with van der Waals surface area (Å²) in [5.74, 6) is -1.46. The van der Waals surface area contributed by atoms with Gasteiger partial charge in [-0.05, 0) is 0 Å². The second-order valence-electron chi connectivity index (χ2n) is 3.06. The summed E-state index contributed by atoms with van der Waals surface area (Å²) in [5.41, 5.74) is 0. The third-order valence-corrected chi connectivity index (χ3v) is 1.93. The van der Waals surface area contributed by atoms with Crippen molar-refractivity contribution in [2.24, 2.45) is 0 Å².